The Hall–Kier alpha value is -1.81. The van der Waals surface area contributed by atoms with Crippen molar-refractivity contribution in [2.45, 2.75) is 58.8 Å². The SMILES string of the molecule is CCNC(=NCc1ccccc1CN(C)C(C)C)NC1CC=CC1. The van der Waals surface area contributed by atoms with Gasteiger partial charge in [0.25, 0.3) is 0 Å². The fourth-order valence-corrected chi connectivity index (χ4v) is 2.73. The molecule has 2 N–H and O–H groups in total. The minimum absolute atomic E-state index is 0.477. The van der Waals surface area contributed by atoms with Crippen molar-refractivity contribution in [3.05, 3.63) is 47.5 Å². The van der Waals surface area contributed by atoms with Crippen molar-refractivity contribution in [2.24, 2.45) is 4.99 Å². The Bertz CT molecular complexity index is 555. The lowest BCUT2D eigenvalue weighted by Gasteiger charge is -2.22. The molecule has 4 nitrogen and oxygen atoms in total. The number of aliphatic imine (C=N–C) groups is 1. The van der Waals surface area contributed by atoms with Gasteiger partial charge >= 0.3 is 0 Å². The van der Waals surface area contributed by atoms with Crippen LogP contribution in [0.2, 0.25) is 0 Å². The van der Waals surface area contributed by atoms with Crippen LogP contribution in [-0.2, 0) is 13.1 Å². The van der Waals surface area contributed by atoms with Gasteiger partial charge in [0.1, 0.15) is 0 Å². The first-order valence-corrected chi connectivity index (χ1v) is 9.07. The van der Waals surface area contributed by atoms with Crippen LogP contribution in [-0.4, -0.2) is 36.5 Å². The molecular weight excluding hydrogens is 296 g/mol. The van der Waals surface area contributed by atoms with Crippen molar-refractivity contribution >= 4 is 5.96 Å². The average Bonchev–Trinajstić information content (AvgIpc) is 3.07. The second-order valence-corrected chi connectivity index (χ2v) is 6.76. The first-order chi connectivity index (χ1) is 11.6. The van der Waals surface area contributed by atoms with Gasteiger partial charge in [-0.1, -0.05) is 36.4 Å². The summed E-state index contributed by atoms with van der Waals surface area (Å²) in [6, 6.07) is 9.63. The maximum absolute atomic E-state index is 4.81. The van der Waals surface area contributed by atoms with E-state index in [-0.39, 0.29) is 0 Å². The van der Waals surface area contributed by atoms with Gasteiger partial charge in [0, 0.05) is 25.2 Å². The molecule has 1 aromatic rings. The van der Waals surface area contributed by atoms with Gasteiger partial charge in [-0.05, 0) is 51.8 Å². The van der Waals surface area contributed by atoms with Crippen LogP contribution >= 0.6 is 0 Å². The van der Waals surface area contributed by atoms with Crippen molar-refractivity contribution in [3.63, 3.8) is 0 Å². The van der Waals surface area contributed by atoms with Crippen LogP contribution in [0.1, 0.15) is 44.7 Å². The molecule has 0 bridgehead atoms. The van der Waals surface area contributed by atoms with E-state index in [4.69, 9.17) is 4.99 Å². The van der Waals surface area contributed by atoms with E-state index in [1.54, 1.807) is 0 Å². The zero-order valence-electron chi connectivity index (χ0n) is 15.5. The topological polar surface area (TPSA) is 39.7 Å². The molecule has 1 aliphatic rings. The summed E-state index contributed by atoms with van der Waals surface area (Å²) in [6.07, 6.45) is 6.64. The molecule has 0 atom stereocenters. The van der Waals surface area contributed by atoms with Crippen molar-refractivity contribution in [1.29, 1.82) is 0 Å². The van der Waals surface area contributed by atoms with Crippen LogP contribution in [0.4, 0.5) is 0 Å². The van der Waals surface area contributed by atoms with E-state index in [9.17, 15) is 0 Å². The van der Waals surface area contributed by atoms with E-state index in [0.29, 0.717) is 18.6 Å². The second-order valence-electron chi connectivity index (χ2n) is 6.76. The Morgan fingerprint density at radius 3 is 2.50 bits per heavy atom. The zero-order chi connectivity index (χ0) is 17.4. The molecule has 0 saturated carbocycles. The summed E-state index contributed by atoms with van der Waals surface area (Å²) in [5, 5.41) is 6.89. The predicted octanol–water partition coefficient (Wildman–Crippen LogP) is 3.30. The molecule has 4 heteroatoms. The van der Waals surface area contributed by atoms with Gasteiger partial charge in [0.15, 0.2) is 5.96 Å². The molecule has 0 unspecified atom stereocenters. The van der Waals surface area contributed by atoms with Gasteiger partial charge < -0.3 is 10.6 Å². The molecule has 0 spiro atoms. The van der Waals surface area contributed by atoms with Crippen molar-refractivity contribution in [3.8, 4) is 0 Å². The highest BCUT2D eigenvalue weighted by atomic mass is 15.2. The van der Waals surface area contributed by atoms with E-state index >= 15 is 0 Å². The number of nitrogens with one attached hydrogen (secondary N) is 2. The van der Waals surface area contributed by atoms with Gasteiger partial charge in [-0.25, -0.2) is 4.99 Å². The fourth-order valence-electron chi connectivity index (χ4n) is 2.73. The molecule has 2 rings (SSSR count). The molecule has 0 amide bonds. The Labute approximate surface area is 147 Å². The molecule has 0 fully saturated rings. The van der Waals surface area contributed by atoms with E-state index < -0.39 is 0 Å². The second kappa shape index (κ2) is 9.48. The lowest BCUT2D eigenvalue weighted by atomic mass is 10.1. The van der Waals surface area contributed by atoms with E-state index in [1.807, 2.05) is 0 Å². The molecule has 132 valence electrons. The summed E-state index contributed by atoms with van der Waals surface area (Å²) in [5.41, 5.74) is 2.66. The number of rotatable bonds is 7. The van der Waals surface area contributed by atoms with Gasteiger partial charge in [0.2, 0.25) is 0 Å². The first kappa shape index (κ1) is 18.5. The standard InChI is InChI=1S/C20H32N4/c1-5-21-20(23-19-12-8-9-13-19)22-14-17-10-6-7-11-18(17)15-24(4)16(2)3/h6-11,16,19H,5,12-15H2,1-4H3,(H2,21,22,23). The summed E-state index contributed by atoms with van der Waals surface area (Å²) in [4.78, 5) is 7.17. The molecule has 0 aliphatic heterocycles. The van der Waals surface area contributed by atoms with E-state index in [2.05, 4.69) is 79.8 Å². The smallest absolute Gasteiger partial charge is 0.191 e. The van der Waals surface area contributed by atoms with Gasteiger partial charge in [-0.3, -0.25) is 4.90 Å². The zero-order valence-corrected chi connectivity index (χ0v) is 15.5. The van der Waals surface area contributed by atoms with E-state index in [1.165, 1.54) is 11.1 Å². The third-order valence-corrected chi connectivity index (χ3v) is 4.52. The predicted molar refractivity (Wildman–Crippen MR) is 103 cm³/mol. The Morgan fingerprint density at radius 2 is 1.88 bits per heavy atom. The normalized spacial score (nSPS) is 15.5. The number of hydrogen-bond acceptors (Lipinski definition) is 2. The maximum atomic E-state index is 4.81. The summed E-state index contributed by atoms with van der Waals surface area (Å²) >= 11 is 0. The van der Waals surface area contributed by atoms with E-state index in [0.717, 1.165) is 31.9 Å². The highest BCUT2D eigenvalue weighted by Gasteiger charge is 2.12. The summed E-state index contributed by atoms with van der Waals surface area (Å²) < 4.78 is 0. The Balaban J connectivity index is 2.04. The van der Waals surface area contributed by atoms with Crippen LogP contribution in [0.15, 0.2) is 41.4 Å². The largest absolute Gasteiger partial charge is 0.357 e. The fraction of sp³-hybridized carbons (Fsp3) is 0.550. The van der Waals surface area contributed by atoms with Crippen LogP contribution in [0.3, 0.4) is 0 Å². The molecule has 1 aliphatic carbocycles. The summed E-state index contributed by atoms with van der Waals surface area (Å²) in [5.74, 6) is 0.915. The lowest BCUT2D eigenvalue weighted by Crippen LogP contribution is -2.42. The van der Waals surface area contributed by atoms with Gasteiger partial charge in [-0.2, -0.15) is 0 Å². The summed E-state index contributed by atoms with van der Waals surface area (Å²) in [6.45, 7) is 9.10. The third kappa shape index (κ3) is 5.68. The molecule has 0 heterocycles. The quantitative estimate of drug-likeness (QED) is 0.458. The molecular formula is C20H32N4. The van der Waals surface area contributed by atoms with Crippen LogP contribution in [0, 0.1) is 0 Å². The number of guanidine groups is 1. The molecule has 0 aromatic heterocycles. The van der Waals surface area contributed by atoms with Crippen molar-refractivity contribution < 1.29 is 0 Å². The van der Waals surface area contributed by atoms with Crippen LogP contribution in [0.25, 0.3) is 0 Å². The van der Waals surface area contributed by atoms with Crippen molar-refractivity contribution in [1.82, 2.24) is 15.5 Å². The monoisotopic (exact) mass is 328 g/mol. The molecule has 1 aromatic carbocycles. The third-order valence-electron chi connectivity index (χ3n) is 4.52. The van der Waals surface area contributed by atoms with Gasteiger partial charge in [0.05, 0.1) is 6.54 Å². The Kier molecular flexibility index (Phi) is 7.32. The molecule has 0 radical (unpaired) electrons. The molecule has 24 heavy (non-hydrogen) atoms. The Morgan fingerprint density at radius 1 is 1.21 bits per heavy atom. The number of benzene rings is 1. The maximum Gasteiger partial charge on any atom is 0.191 e. The minimum Gasteiger partial charge on any atom is -0.357 e. The number of hydrogen-bond donors (Lipinski definition) is 2. The minimum atomic E-state index is 0.477. The van der Waals surface area contributed by atoms with Crippen LogP contribution in [0.5, 0.6) is 0 Å². The average molecular weight is 329 g/mol. The lowest BCUT2D eigenvalue weighted by molar-refractivity contribution is 0.265. The summed E-state index contributed by atoms with van der Waals surface area (Å²) in [7, 11) is 2.17. The van der Waals surface area contributed by atoms with Crippen LogP contribution < -0.4 is 10.6 Å². The van der Waals surface area contributed by atoms with Crippen molar-refractivity contribution in [2.75, 3.05) is 13.6 Å². The highest BCUT2D eigenvalue weighted by molar-refractivity contribution is 5.80. The van der Waals surface area contributed by atoms with Gasteiger partial charge in [-0.15, -0.1) is 0 Å². The highest BCUT2D eigenvalue weighted by Crippen LogP contribution is 2.14. The first-order valence-electron chi connectivity index (χ1n) is 9.07. The number of nitrogens with zero attached hydrogens (tertiary/aromatic N) is 2. The molecule has 0 saturated heterocycles.